The van der Waals surface area contributed by atoms with Gasteiger partial charge >= 0.3 is 0 Å². The number of methoxy groups -OCH3 is 1. The molecule has 138 valence electrons. The largest absolute Gasteiger partial charge is 0.493 e. The minimum atomic E-state index is -0.433. The van der Waals surface area contributed by atoms with E-state index in [2.05, 4.69) is 10.9 Å². The Hall–Kier alpha value is -3.02. The van der Waals surface area contributed by atoms with Gasteiger partial charge in [0.1, 0.15) is 0 Å². The first-order valence-electron chi connectivity index (χ1n) is 8.39. The van der Waals surface area contributed by atoms with Crippen LogP contribution in [0.4, 0.5) is 0 Å². The van der Waals surface area contributed by atoms with Gasteiger partial charge in [-0.2, -0.15) is 0 Å². The highest BCUT2D eigenvalue weighted by Crippen LogP contribution is 2.28. The molecule has 0 aliphatic rings. The minimum Gasteiger partial charge on any atom is -0.493 e. The number of carbonyl (C=O) groups excluding carboxylic acids is 2. The zero-order valence-corrected chi connectivity index (χ0v) is 15.5. The number of carbonyl (C=O) groups is 2. The number of hydrogen-bond donors (Lipinski definition) is 2. The molecule has 6 nitrogen and oxygen atoms in total. The maximum absolute atomic E-state index is 12.2. The van der Waals surface area contributed by atoms with E-state index in [4.69, 9.17) is 9.47 Å². The van der Waals surface area contributed by atoms with Crippen molar-refractivity contribution in [2.45, 2.75) is 33.3 Å². The van der Waals surface area contributed by atoms with E-state index in [1.54, 1.807) is 18.2 Å². The molecule has 0 spiro atoms. The molecule has 0 atom stereocenters. The fraction of sp³-hybridized carbons (Fsp3) is 0.300. The Kier molecular flexibility index (Phi) is 6.60. The van der Waals surface area contributed by atoms with Crippen LogP contribution in [0, 0.1) is 6.92 Å². The highest BCUT2D eigenvalue weighted by atomic mass is 16.5. The molecule has 0 aliphatic heterocycles. The van der Waals surface area contributed by atoms with Crippen molar-refractivity contribution in [1.29, 1.82) is 0 Å². The predicted octanol–water partition coefficient (Wildman–Crippen LogP) is 2.79. The third kappa shape index (κ3) is 5.24. The zero-order valence-electron chi connectivity index (χ0n) is 15.5. The molecule has 0 saturated heterocycles. The van der Waals surface area contributed by atoms with Crippen LogP contribution >= 0.6 is 0 Å². The number of aryl methyl sites for hydroxylation is 1. The standard InChI is InChI=1S/C20H24N2O4/c1-13(2)26-17-10-9-16(11-18(17)25-4)20(24)22-21-19(23)12-15-8-6-5-7-14(15)3/h5-11,13H,12H2,1-4H3,(H,21,23)(H,22,24). The van der Waals surface area contributed by atoms with Crippen LogP contribution in [0.5, 0.6) is 11.5 Å². The van der Waals surface area contributed by atoms with Crippen molar-refractivity contribution in [2.75, 3.05) is 7.11 Å². The number of amides is 2. The third-order valence-electron chi connectivity index (χ3n) is 3.72. The third-order valence-corrected chi connectivity index (χ3v) is 3.72. The maximum atomic E-state index is 12.2. The first-order chi connectivity index (χ1) is 12.4. The average molecular weight is 356 g/mol. The first-order valence-corrected chi connectivity index (χ1v) is 8.39. The van der Waals surface area contributed by atoms with Gasteiger partial charge in [0, 0.05) is 5.56 Å². The van der Waals surface area contributed by atoms with Gasteiger partial charge in [0.15, 0.2) is 11.5 Å². The van der Waals surface area contributed by atoms with Gasteiger partial charge in [0.25, 0.3) is 5.91 Å². The van der Waals surface area contributed by atoms with Gasteiger partial charge in [0.05, 0.1) is 19.6 Å². The van der Waals surface area contributed by atoms with Gasteiger partial charge in [0.2, 0.25) is 5.91 Å². The van der Waals surface area contributed by atoms with E-state index in [0.29, 0.717) is 17.1 Å². The smallest absolute Gasteiger partial charge is 0.269 e. The Balaban J connectivity index is 1.97. The van der Waals surface area contributed by atoms with E-state index in [1.165, 1.54) is 7.11 Å². The van der Waals surface area contributed by atoms with Gasteiger partial charge in [-0.1, -0.05) is 24.3 Å². The number of benzene rings is 2. The van der Waals surface area contributed by atoms with Gasteiger partial charge < -0.3 is 9.47 Å². The summed E-state index contributed by atoms with van der Waals surface area (Å²) in [5.41, 5.74) is 7.14. The van der Waals surface area contributed by atoms with Crippen molar-refractivity contribution >= 4 is 11.8 Å². The normalized spacial score (nSPS) is 10.3. The molecule has 2 N–H and O–H groups in total. The molecule has 2 aromatic carbocycles. The Bertz CT molecular complexity index is 787. The lowest BCUT2D eigenvalue weighted by Crippen LogP contribution is -2.42. The van der Waals surface area contributed by atoms with Crippen LogP contribution in [-0.4, -0.2) is 25.0 Å². The summed E-state index contributed by atoms with van der Waals surface area (Å²) in [6, 6.07) is 12.5. The van der Waals surface area contributed by atoms with E-state index in [0.717, 1.165) is 11.1 Å². The fourth-order valence-electron chi connectivity index (χ4n) is 2.38. The van der Waals surface area contributed by atoms with Crippen molar-refractivity contribution in [3.8, 4) is 11.5 Å². The summed E-state index contributed by atoms with van der Waals surface area (Å²) in [7, 11) is 1.51. The molecule has 0 aliphatic carbocycles. The molecular formula is C20H24N2O4. The second-order valence-corrected chi connectivity index (χ2v) is 6.14. The lowest BCUT2D eigenvalue weighted by atomic mass is 10.1. The van der Waals surface area contributed by atoms with Crippen molar-refractivity contribution in [1.82, 2.24) is 10.9 Å². The van der Waals surface area contributed by atoms with Crippen LogP contribution in [0.25, 0.3) is 0 Å². The molecule has 2 aromatic rings. The average Bonchev–Trinajstić information content (AvgIpc) is 2.61. The highest BCUT2D eigenvalue weighted by molar-refractivity contribution is 5.96. The molecular weight excluding hydrogens is 332 g/mol. The van der Waals surface area contributed by atoms with Gasteiger partial charge in [-0.25, -0.2) is 0 Å². The fourth-order valence-corrected chi connectivity index (χ4v) is 2.38. The highest BCUT2D eigenvalue weighted by Gasteiger charge is 2.13. The second-order valence-electron chi connectivity index (χ2n) is 6.14. The van der Waals surface area contributed by atoms with E-state index in [-0.39, 0.29) is 18.4 Å². The van der Waals surface area contributed by atoms with Crippen molar-refractivity contribution < 1.29 is 19.1 Å². The SMILES string of the molecule is COc1cc(C(=O)NNC(=O)Cc2ccccc2C)ccc1OC(C)C. The van der Waals surface area contributed by atoms with E-state index < -0.39 is 5.91 Å². The molecule has 0 fully saturated rings. The quantitative estimate of drug-likeness (QED) is 0.781. The van der Waals surface area contributed by atoms with E-state index in [9.17, 15) is 9.59 Å². The lowest BCUT2D eigenvalue weighted by Gasteiger charge is -2.14. The molecule has 0 saturated carbocycles. The Morgan fingerprint density at radius 1 is 1.04 bits per heavy atom. The Morgan fingerprint density at radius 2 is 1.77 bits per heavy atom. The summed E-state index contributed by atoms with van der Waals surface area (Å²) in [5.74, 6) is 0.289. The summed E-state index contributed by atoms with van der Waals surface area (Å²) in [4.78, 5) is 24.3. The minimum absolute atomic E-state index is 0.00990. The van der Waals surface area contributed by atoms with Crippen LogP contribution in [0.15, 0.2) is 42.5 Å². The number of rotatable bonds is 6. The van der Waals surface area contributed by atoms with Gasteiger partial charge in [-0.05, 0) is 50.1 Å². The van der Waals surface area contributed by atoms with Crippen LogP contribution < -0.4 is 20.3 Å². The Morgan fingerprint density at radius 3 is 2.42 bits per heavy atom. The van der Waals surface area contributed by atoms with Crippen molar-refractivity contribution in [3.05, 3.63) is 59.2 Å². The summed E-state index contributed by atoms with van der Waals surface area (Å²) in [5, 5.41) is 0. The van der Waals surface area contributed by atoms with Crippen LogP contribution in [-0.2, 0) is 11.2 Å². The molecule has 0 radical (unpaired) electrons. The first kappa shape index (κ1) is 19.3. The Labute approximate surface area is 153 Å². The number of ether oxygens (including phenoxy) is 2. The molecule has 0 unspecified atom stereocenters. The topological polar surface area (TPSA) is 76.7 Å². The van der Waals surface area contributed by atoms with Crippen LogP contribution in [0.2, 0.25) is 0 Å². The summed E-state index contributed by atoms with van der Waals surface area (Å²) >= 11 is 0. The molecule has 2 rings (SSSR count). The molecule has 2 amide bonds. The number of nitrogens with one attached hydrogen (secondary N) is 2. The second kappa shape index (κ2) is 8.89. The van der Waals surface area contributed by atoms with E-state index in [1.807, 2.05) is 45.0 Å². The van der Waals surface area contributed by atoms with Gasteiger partial charge in [-0.15, -0.1) is 0 Å². The van der Waals surface area contributed by atoms with Crippen molar-refractivity contribution in [3.63, 3.8) is 0 Å². The lowest BCUT2D eigenvalue weighted by molar-refractivity contribution is -0.121. The predicted molar refractivity (Wildman–Crippen MR) is 99.2 cm³/mol. The van der Waals surface area contributed by atoms with E-state index >= 15 is 0 Å². The molecule has 0 heterocycles. The molecule has 0 aromatic heterocycles. The zero-order chi connectivity index (χ0) is 19.1. The van der Waals surface area contributed by atoms with Crippen LogP contribution in [0.3, 0.4) is 0 Å². The van der Waals surface area contributed by atoms with Crippen molar-refractivity contribution in [2.24, 2.45) is 0 Å². The number of hydrazine groups is 1. The van der Waals surface area contributed by atoms with Crippen LogP contribution in [0.1, 0.15) is 35.3 Å². The summed E-state index contributed by atoms with van der Waals surface area (Å²) in [6.45, 7) is 5.75. The number of hydrogen-bond acceptors (Lipinski definition) is 4. The molecule has 0 bridgehead atoms. The summed E-state index contributed by atoms with van der Waals surface area (Å²) < 4.78 is 10.9. The molecule has 6 heteroatoms. The maximum Gasteiger partial charge on any atom is 0.269 e. The molecule has 26 heavy (non-hydrogen) atoms. The van der Waals surface area contributed by atoms with Gasteiger partial charge in [-0.3, -0.25) is 20.4 Å². The summed E-state index contributed by atoms with van der Waals surface area (Å²) in [6.07, 6.45) is 0.182. The monoisotopic (exact) mass is 356 g/mol.